The third-order valence-corrected chi connectivity index (χ3v) is 4.46. The third-order valence-electron chi connectivity index (χ3n) is 4.46. The molecule has 0 amide bonds. The van der Waals surface area contributed by atoms with Crippen LogP contribution in [0, 0.1) is 0 Å². The number of aromatic amines is 1. The van der Waals surface area contributed by atoms with Gasteiger partial charge in [0.15, 0.2) is 0 Å². The lowest BCUT2D eigenvalue weighted by Gasteiger charge is -2.08. The lowest BCUT2D eigenvalue weighted by molar-refractivity contribution is 0.776. The first kappa shape index (κ1) is 16.2. The molecule has 0 fully saturated rings. The lowest BCUT2D eigenvalue weighted by atomic mass is 10.1. The number of hydrogen-bond acceptors (Lipinski definition) is 4. The van der Waals surface area contributed by atoms with Crippen molar-refractivity contribution in [3.05, 3.63) is 60.3 Å². The number of benzene rings is 2. The number of rotatable bonds is 5. The fourth-order valence-corrected chi connectivity index (χ4v) is 2.97. The maximum Gasteiger partial charge on any atom is 0.203 e. The molecule has 2 aromatic heterocycles. The SMILES string of the molecule is CN(C)c1nc2ccc(NCc3ccc(-c4ccnn4C)cc3)cc2[nH]1. The van der Waals surface area contributed by atoms with Gasteiger partial charge in [-0.05, 0) is 35.4 Å². The first-order chi connectivity index (χ1) is 12.6. The Morgan fingerprint density at radius 2 is 1.88 bits per heavy atom. The second-order valence-corrected chi connectivity index (χ2v) is 6.58. The molecule has 0 bridgehead atoms. The number of aryl methyl sites for hydroxylation is 1. The molecule has 0 aliphatic carbocycles. The monoisotopic (exact) mass is 346 g/mol. The minimum atomic E-state index is 0.770. The number of aromatic nitrogens is 4. The van der Waals surface area contributed by atoms with Gasteiger partial charge in [0.1, 0.15) is 0 Å². The molecule has 132 valence electrons. The number of hydrogen-bond donors (Lipinski definition) is 2. The Labute approximate surface area is 152 Å². The summed E-state index contributed by atoms with van der Waals surface area (Å²) in [7, 11) is 5.91. The van der Waals surface area contributed by atoms with Crippen LogP contribution in [0.3, 0.4) is 0 Å². The van der Waals surface area contributed by atoms with Crippen molar-refractivity contribution in [3.8, 4) is 11.3 Å². The van der Waals surface area contributed by atoms with Crippen LogP contribution in [0.15, 0.2) is 54.7 Å². The molecule has 6 heteroatoms. The lowest BCUT2D eigenvalue weighted by Crippen LogP contribution is -2.09. The van der Waals surface area contributed by atoms with Crippen LogP contribution in [0.5, 0.6) is 0 Å². The molecule has 26 heavy (non-hydrogen) atoms. The molecule has 0 radical (unpaired) electrons. The van der Waals surface area contributed by atoms with Crippen LogP contribution in [-0.4, -0.2) is 33.8 Å². The van der Waals surface area contributed by atoms with Gasteiger partial charge in [0.05, 0.1) is 16.7 Å². The van der Waals surface area contributed by atoms with Crippen LogP contribution < -0.4 is 10.2 Å². The van der Waals surface area contributed by atoms with Gasteiger partial charge >= 0.3 is 0 Å². The van der Waals surface area contributed by atoms with E-state index in [0.717, 1.165) is 34.9 Å². The van der Waals surface area contributed by atoms with E-state index in [1.54, 1.807) is 0 Å². The van der Waals surface area contributed by atoms with Crippen LogP contribution in [-0.2, 0) is 13.6 Å². The van der Waals surface area contributed by atoms with Gasteiger partial charge < -0.3 is 15.2 Å². The molecule has 2 N–H and O–H groups in total. The summed E-state index contributed by atoms with van der Waals surface area (Å²) in [5.74, 6) is 0.864. The van der Waals surface area contributed by atoms with Crippen molar-refractivity contribution in [1.29, 1.82) is 0 Å². The molecule has 0 unspecified atom stereocenters. The van der Waals surface area contributed by atoms with Gasteiger partial charge in [0, 0.05) is 39.6 Å². The summed E-state index contributed by atoms with van der Waals surface area (Å²) in [4.78, 5) is 9.85. The van der Waals surface area contributed by atoms with E-state index in [1.165, 1.54) is 11.1 Å². The maximum absolute atomic E-state index is 4.55. The fourth-order valence-electron chi connectivity index (χ4n) is 2.97. The molecule has 0 aliphatic heterocycles. The number of nitrogens with zero attached hydrogens (tertiary/aromatic N) is 4. The van der Waals surface area contributed by atoms with Crippen LogP contribution >= 0.6 is 0 Å². The molecule has 6 nitrogen and oxygen atoms in total. The molecular weight excluding hydrogens is 324 g/mol. The van der Waals surface area contributed by atoms with E-state index < -0.39 is 0 Å². The summed E-state index contributed by atoms with van der Waals surface area (Å²) in [6.45, 7) is 0.770. The van der Waals surface area contributed by atoms with Crippen LogP contribution in [0.1, 0.15) is 5.56 Å². The minimum Gasteiger partial charge on any atom is -0.381 e. The van der Waals surface area contributed by atoms with E-state index in [4.69, 9.17) is 0 Å². The molecule has 0 atom stereocenters. The van der Waals surface area contributed by atoms with E-state index >= 15 is 0 Å². The molecule has 4 rings (SSSR count). The summed E-state index contributed by atoms with van der Waals surface area (Å²) >= 11 is 0. The molecule has 4 aromatic rings. The Hall–Kier alpha value is -3.28. The zero-order valence-electron chi connectivity index (χ0n) is 15.2. The number of fused-ring (bicyclic) bond motifs is 1. The second-order valence-electron chi connectivity index (χ2n) is 6.58. The zero-order chi connectivity index (χ0) is 18.1. The molecular formula is C20H22N6. The topological polar surface area (TPSA) is 61.8 Å². The van der Waals surface area contributed by atoms with Gasteiger partial charge in [-0.1, -0.05) is 24.3 Å². The van der Waals surface area contributed by atoms with Crippen molar-refractivity contribution in [2.24, 2.45) is 7.05 Å². The summed E-state index contributed by atoms with van der Waals surface area (Å²) in [6.07, 6.45) is 1.82. The van der Waals surface area contributed by atoms with Crippen molar-refractivity contribution in [3.63, 3.8) is 0 Å². The number of anilines is 2. The van der Waals surface area contributed by atoms with E-state index in [0.29, 0.717) is 0 Å². The largest absolute Gasteiger partial charge is 0.381 e. The Morgan fingerprint density at radius 1 is 1.08 bits per heavy atom. The summed E-state index contributed by atoms with van der Waals surface area (Å²) in [5, 5.41) is 7.70. The summed E-state index contributed by atoms with van der Waals surface area (Å²) < 4.78 is 1.88. The summed E-state index contributed by atoms with van der Waals surface area (Å²) in [5.41, 5.74) is 6.59. The van der Waals surface area contributed by atoms with Crippen molar-refractivity contribution < 1.29 is 0 Å². The highest BCUT2D eigenvalue weighted by atomic mass is 15.3. The van der Waals surface area contributed by atoms with Crippen molar-refractivity contribution in [2.75, 3.05) is 24.3 Å². The minimum absolute atomic E-state index is 0.770. The standard InChI is InChI=1S/C20H22N6/c1-25(2)20-23-17-9-8-16(12-18(17)24-20)21-13-14-4-6-15(7-5-14)19-10-11-22-26(19)3/h4-12,21H,13H2,1-3H3,(H,23,24). The first-order valence-corrected chi connectivity index (χ1v) is 8.58. The van der Waals surface area contributed by atoms with E-state index in [-0.39, 0.29) is 0 Å². The maximum atomic E-state index is 4.55. The van der Waals surface area contributed by atoms with Crippen LogP contribution in [0.4, 0.5) is 11.6 Å². The molecule has 2 aromatic carbocycles. The average Bonchev–Trinajstić information content (AvgIpc) is 3.26. The Morgan fingerprint density at radius 3 is 2.58 bits per heavy atom. The van der Waals surface area contributed by atoms with Crippen molar-refractivity contribution >= 4 is 22.7 Å². The smallest absolute Gasteiger partial charge is 0.203 e. The van der Waals surface area contributed by atoms with E-state index in [1.807, 2.05) is 49.1 Å². The Kier molecular flexibility index (Phi) is 4.08. The Bertz CT molecular complexity index is 1030. The number of imidazole rings is 1. The highest BCUT2D eigenvalue weighted by molar-refractivity contribution is 5.81. The average molecular weight is 346 g/mol. The molecule has 0 aliphatic rings. The molecule has 2 heterocycles. The van der Waals surface area contributed by atoms with Gasteiger partial charge in [0.25, 0.3) is 0 Å². The van der Waals surface area contributed by atoms with Crippen LogP contribution in [0.25, 0.3) is 22.3 Å². The Balaban J connectivity index is 1.46. The van der Waals surface area contributed by atoms with Crippen molar-refractivity contribution in [2.45, 2.75) is 6.54 Å². The number of nitrogens with one attached hydrogen (secondary N) is 2. The van der Waals surface area contributed by atoms with Gasteiger partial charge in [-0.25, -0.2) is 4.98 Å². The van der Waals surface area contributed by atoms with E-state index in [2.05, 4.69) is 56.8 Å². The molecule has 0 saturated carbocycles. The van der Waals surface area contributed by atoms with Gasteiger partial charge in [0.2, 0.25) is 5.95 Å². The zero-order valence-corrected chi connectivity index (χ0v) is 15.2. The highest BCUT2D eigenvalue weighted by Crippen LogP contribution is 2.22. The highest BCUT2D eigenvalue weighted by Gasteiger charge is 2.06. The quantitative estimate of drug-likeness (QED) is 0.579. The molecule has 0 spiro atoms. The van der Waals surface area contributed by atoms with Crippen molar-refractivity contribution in [1.82, 2.24) is 19.7 Å². The normalized spacial score (nSPS) is 11.0. The number of H-pyrrole nitrogens is 1. The van der Waals surface area contributed by atoms with Gasteiger partial charge in [-0.15, -0.1) is 0 Å². The fraction of sp³-hybridized carbons (Fsp3) is 0.200. The molecule has 0 saturated heterocycles. The van der Waals surface area contributed by atoms with Crippen LogP contribution in [0.2, 0.25) is 0 Å². The third kappa shape index (κ3) is 3.13. The predicted octanol–water partition coefficient (Wildman–Crippen LogP) is 3.64. The second kappa shape index (κ2) is 6.55. The van der Waals surface area contributed by atoms with E-state index in [9.17, 15) is 0 Å². The first-order valence-electron chi connectivity index (χ1n) is 8.58. The summed E-state index contributed by atoms with van der Waals surface area (Å²) in [6, 6.07) is 16.8. The van der Waals surface area contributed by atoms with Gasteiger partial charge in [-0.2, -0.15) is 5.10 Å². The van der Waals surface area contributed by atoms with Gasteiger partial charge in [-0.3, -0.25) is 4.68 Å². The predicted molar refractivity (Wildman–Crippen MR) is 106 cm³/mol.